The number of carbonyl (C=O) groups excluding carboxylic acids is 1. The Morgan fingerprint density at radius 3 is 2.29 bits per heavy atom. The molecule has 2 rings (SSSR count). The van der Waals surface area contributed by atoms with Gasteiger partial charge in [0.2, 0.25) is 0 Å². The molecule has 21 heavy (non-hydrogen) atoms. The maximum absolute atomic E-state index is 12.5. The van der Waals surface area contributed by atoms with Crippen LogP contribution >= 0.6 is 23.2 Å². The lowest BCUT2D eigenvalue weighted by atomic mass is 9.68. The third kappa shape index (κ3) is 4.21. The van der Waals surface area contributed by atoms with Crippen molar-refractivity contribution in [3.63, 3.8) is 0 Å². The monoisotopic (exact) mass is 328 g/mol. The number of carboxylic acids is 1. The molecule has 0 aromatic heterocycles. The number of carbonyl (C=O) groups is 2. The van der Waals surface area contributed by atoms with Crippen LogP contribution in [-0.2, 0) is 4.79 Å². The number of hydrogen-bond donors (Lipinski definition) is 1. The summed E-state index contributed by atoms with van der Waals surface area (Å²) < 4.78 is 0. The van der Waals surface area contributed by atoms with Crippen molar-refractivity contribution >= 4 is 35.0 Å². The highest BCUT2D eigenvalue weighted by Crippen LogP contribution is 2.43. The van der Waals surface area contributed by atoms with Crippen LogP contribution in [0, 0.1) is 5.41 Å². The van der Waals surface area contributed by atoms with Crippen LogP contribution in [-0.4, -0.2) is 16.9 Å². The highest BCUT2D eigenvalue weighted by Gasteiger charge is 2.36. The van der Waals surface area contributed by atoms with E-state index in [2.05, 4.69) is 0 Å². The lowest BCUT2D eigenvalue weighted by Gasteiger charge is -2.35. The number of halogens is 2. The van der Waals surface area contributed by atoms with Gasteiger partial charge in [0.25, 0.3) is 0 Å². The number of hydrogen-bond acceptors (Lipinski definition) is 2. The van der Waals surface area contributed by atoms with E-state index in [9.17, 15) is 9.59 Å². The van der Waals surface area contributed by atoms with E-state index in [1.165, 1.54) is 0 Å². The molecular weight excluding hydrogens is 311 g/mol. The fourth-order valence-electron chi connectivity index (χ4n) is 3.15. The molecule has 1 fully saturated rings. The first kappa shape index (κ1) is 16.3. The Bertz CT molecular complexity index is 548. The smallest absolute Gasteiger partial charge is 0.303 e. The average molecular weight is 329 g/mol. The van der Waals surface area contributed by atoms with Gasteiger partial charge in [-0.1, -0.05) is 42.5 Å². The zero-order valence-electron chi connectivity index (χ0n) is 11.7. The van der Waals surface area contributed by atoms with Crippen LogP contribution < -0.4 is 0 Å². The van der Waals surface area contributed by atoms with Gasteiger partial charge in [0.1, 0.15) is 0 Å². The van der Waals surface area contributed by atoms with E-state index in [-0.39, 0.29) is 18.6 Å². The summed E-state index contributed by atoms with van der Waals surface area (Å²) in [5, 5.41) is 9.90. The molecule has 1 aliphatic rings. The first-order valence-electron chi connectivity index (χ1n) is 7.12. The normalized spacial score (nSPS) is 17.4. The number of carboxylic acid groups (broad SMARTS) is 1. The Hall–Kier alpha value is -1.06. The molecule has 0 spiro atoms. The molecule has 0 amide bonds. The topological polar surface area (TPSA) is 54.4 Å². The standard InChI is InChI=1S/C16H18Cl2O3/c17-12-5-4-11(8-13(12)18)14(19)9-16(10-15(20)21)6-2-1-3-7-16/h4-5,8H,1-3,6-7,9-10H2,(H,20,21). The third-order valence-corrected chi connectivity index (χ3v) is 4.96. The van der Waals surface area contributed by atoms with Crippen molar-refractivity contribution < 1.29 is 14.7 Å². The van der Waals surface area contributed by atoms with Gasteiger partial charge in [-0.25, -0.2) is 0 Å². The summed E-state index contributed by atoms with van der Waals surface area (Å²) in [7, 11) is 0. The number of Topliss-reactive ketones (excluding diaryl/α,β-unsaturated/α-hetero) is 1. The molecule has 1 aliphatic carbocycles. The SMILES string of the molecule is O=C(O)CC1(CC(=O)c2ccc(Cl)c(Cl)c2)CCCCC1. The molecule has 5 heteroatoms. The first-order valence-corrected chi connectivity index (χ1v) is 7.88. The van der Waals surface area contributed by atoms with Crippen LogP contribution in [0.1, 0.15) is 55.3 Å². The van der Waals surface area contributed by atoms with Crippen molar-refractivity contribution in [2.75, 3.05) is 0 Å². The van der Waals surface area contributed by atoms with Crippen molar-refractivity contribution in [2.45, 2.75) is 44.9 Å². The second-order valence-corrected chi connectivity index (χ2v) is 6.67. The van der Waals surface area contributed by atoms with Crippen molar-refractivity contribution in [3.8, 4) is 0 Å². The molecule has 1 aromatic carbocycles. The number of aliphatic carboxylic acids is 1. The molecule has 0 bridgehead atoms. The van der Waals surface area contributed by atoms with E-state index in [0.29, 0.717) is 15.6 Å². The maximum Gasteiger partial charge on any atom is 0.303 e. The number of benzene rings is 1. The third-order valence-electron chi connectivity index (χ3n) is 4.22. The molecule has 0 unspecified atom stereocenters. The molecule has 114 valence electrons. The van der Waals surface area contributed by atoms with E-state index in [0.717, 1.165) is 32.1 Å². The van der Waals surface area contributed by atoms with Gasteiger partial charge in [-0.2, -0.15) is 0 Å². The van der Waals surface area contributed by atoms with Gasteiger partial charge in [-0.3, -0.25) is 9.59 Å². The molecular formula is C16H18Cl2O3. The zero-order chi connectivity index (χ0) is 15.5. The largest absolute Gasteiger partial charge is 0.481 e. The van der Waals surface area contributed by atoms with Gasteiger partial charge in [-0.15, -0.1) is 0 Å². The summed E-state index contributed by atoms with van der Waals surface area (Å²) in [6.07, 6.45) is 5.00. The van der Waals surface area contributed by atoms with E-state index in [1.54, 1.807) is 18.2 Å². The van der Waals surface area contributed by atoms with Gasteiger partial charge in [0, 0.05) is 12.0 Å². The molecule has 1 N–H and O–H groups in total. The second-order valence-electron chi connectivity index (χ2n) is 5.86. The van der Waals surface area contributed by atoms with Crippen molar-refractivity contribution in [2.24, 2.45) is 5.41 Å². The Labute approximate surface area is 134 Å². The Balaban J connectivity index is 2.17. The Morgan fingerprint density at radius 2 is 1.71 bits per heavy atom. The summed E-state index contributed by atoms with van der Waals surface area (Å²) in [6, 6.07) is 4.80. The number of ketones is 1. The van der Waals surface area contributed by atoms with E-state index in [4.69, 9.17) is 28.3 Å². The summed E-state index contributed by atoms with van der Waals surface area (Å²) in [6.45, 7) is 0. The molecule has 0 radical (unpaired) electrons. The van der Waals surface area contributed by atoms with Crippen LogP contribution in [0.2, 0.25) is 10.0 Å². The molecule has 0 atom stereocenters. The van der Waals surface area contributed by atoms with Gasteiger partial charge < -0.3 is 5.11 Å². The van der Waals surface area contributed by atoms with Crippen molar-refractivity contribution in [3.05, 3.63) is 33.8 Å². The minimum Gasteiger partial charge on any atom is -0.481 e. The summed E-state index contributed by atoms with van der Waals surface area (Å²) >= 11 is 11.8. The summed E-state index contributed by atoms with van der Waals surface area (Å²) in [5.41, 5.74) is 0.0903. The number of rotatable bonds is 5. The van der Waals surface area contributed by atoms with Gasteiger partial charge >= 0.3 is 5.97 Å². The Kier molecular flexibility index (Phi) is 5.28. The van der Waals surface area contributed by atoms with Crippen LogP contribution in [0.25, 0.3) is 0 Å². The highest BCUT2D eigenvalue weighted by atomic mass is 35.5. The zero-order valence-corrected chi connectivity index (χ0v) is 13.2. The second kappa shape index (κ2) is 6.80. The minimum absolute atomic E-state index is 0.0556. The van der Waals surface area contributed by atoms with E-state index >= 15 is 0 Å². The predicted octanol–water partition coefficient (Wildman–Crippen LogP) is 4.99. The average Bonchev–Trinajstić information content (AvgIpc) is 2.41. The fraction of sp³-hybridized carbons (Fsp3) is 0.500. The lowest BCUT2D eigenvalue weighted by Crippen LogP contribution is -2.30. The van der Waals surface area contributed by atoms with Crippen LogP contribution in [0.15, 0.2) is 18.2 Å². The maximum atomic E-state index is 12.5. The molecule has 0 heterocycles. The summed E-state index contributed by atoms with van der Waals surface area (Å²) in [4.78, 5) is 23.6. The highest BCUT2D eigenvalue weighted by molar-refractivity contribution is 6.42. The first-order chi connectivity index (χ1) is 9.92. The lowest BCUT2D eigenvalue weighted by molar-refractivity contribution is -0.140. The van der Waals surface area contributed by atoms with E-state index < -0.39 is 11.4 Å². The Morgan fingerprint density at radius 1 is 1.05 bits per heavy atom. The quantitative estimate of drug-likeness (QED) is 0.774. The van der Waals surface area contributed by atoms with Gasteiger partial charge in [-0.05, 0) is 36.5 Å². The minimum atomic E-state index is -0.834. The fourth-order valence-corrected chi connectivity index (χ4v) is 3.45. The molecule has 0 aliphatic heterocycles. The van der Waals surface area contributed by atoms with Crippen LogP contribution in [0.4, 0.5) is 0 Å². The molecule has 0 saturated heterocycles. The molecule has 1 aromatic rings. The van der Waals surface area contributed by atoms with Gasteiger partial charge in [0.15, 0.2) is 5.78 Å². The van der Waals surface area contributed by atoms with Crippen molar-refractivity contribution in [1.29, 1.82) is 0 Å². The van der Waals surface area contributed by atoms with Crippen molar-refractivity contribution in [1.82, 2.24) is 0 Å². The summed E-state index contributed by atoms with van der Waals surface area (Å²) in [5.74, 6) is -0.893. The van der Waals surface area contributed by atoms with Gasteiger partial charge in [0.05, 0.1) is 16.5 Å². The molecule has 3 nitrogen and oxygen atoms in total. The predicted molar refractivity (Wildman–Crippen MR) is 83.2 cm³/mol. The van der Waals surface area contributed by atoms with Crippen LogP contribution in [0.5, 0.6) is 0 Å². The van der Waals surface area contributed by atoms with E-state index in [1.807, 2.05) is 0 Å². The van der Waals surface area contributed by atoms with Crippen LogP contribution in [0.3, 0.4) is 0 Å². The molecule has 1 saturated carbocycles.